The summed E-state index contributed by atoms with van der Waals surface area (Å²) in [7, 11) is 0. The molecule has 1 aliphatic carbocycles. The van der Waals surface area contributed by atoms with Crippen molar-refractivity contribution in [2.24, 2.45) is 5.73 Å². The zero-order chi connectivity index (χ0) is 9.56. The molecule has 2 nitrogen and oxygen atoms in total. The number of hydrogen-bond donors (Lipinski definition) is 1. The number of allylic oxidation sites excluding steroid dienone is 2. The molecular formula is C10H19NO. The van der Waals surface area contributed by atoms with Gasteiger partial charge in [0.1, 0.15) is 0 Å². The highest BCUT2D eigenvalue weighted by molar-refractivity contribution is 5.93. The van der Waals surface area contributed by atoms with Crippen LogP contribution < -0.4 is 5.73 Å². The molecule has 0 unspecified atom stereocenters. The molecule has 0 radical (unpaired) electrons. The van der Waals surface area contributed by atoms with Crippen LogP contribution in [0, 0.1) is 0 Å². The molecule has 1 rings (SSSR count). The van der Waals surface area contributed by atoms with Crippen molar-refractivity contribution in [2.45, 2.75) is 46.5 Å². The summed E-state index contributed by atoms with van der Waals surface area (Å²) in [6.07, 6.45) is 4.06. The van der Waals surface area contributed by atoms with Gasteiger partial charge in [-0.3, -0.25) is 4.79 Å². The molecule has 0 spiro atoms. The quantitative estimate of drug-likeness (QED) is 0.655. The van der Waals surface area contributed by atoms with Crippen LogP contribution in [0.5, 0.6) is 0 Å². The summed E-state index contributed by atoms with van der Waals surface area (Å²) in [4.78, 5) is 10.9. The van der Waals surface area contributed by atoms with Gasteiger partial charge >= 0.3 is 0 Å². The Kier molecular flexibility index (Phi) is 5.43. The third-order valence-corrected chi connectivity index (χ3v) is 1.94. The van der Waals surface area contributed by atoms with Crippen LogP contribution in [0.2, 0.25) is 0 Å². The number of hydrogen-bond acceptors (Lipinski definition) is 2. The average molecular weight is 169 g/mol. The Hall–Kier alpha value is -0.790. The molecule has 0 saturated heterocycles. The molecule has 0 saturated carbocycles. The molecule has 0 fully saturated rings. The van der Waals surface area contributed by atoms with Crippen molar-refractivity contribution >= 4 is 5.78 Å². The van der Waals surface area contributed by atoms with Gasteiger partial charge < -0.3 is 5.73 Å². The molecule has 70 valence electrons. The maximum Gasteiger partial charge on any atom is 0.157 e. The van der Waals surface area contributed by atoms with Crippen LogP contribution in [0.25, 0.3) is 0 Å². The van der Waals surface area contributed by atoms with Crippen LogP contribution in [0.3, 0.4) is 0 Å². The average Bonchev–Trinajstić information content (AvgIpc) is 2.08. The highest BCUT2D eigenvalue weighted by atomic mass is 16.1. The van der Waals surface area contributed by atoms with Gasteiger partial charge in [0, 0.05) is 11.3 Å². The lowest BCUT2D eigenvalue weighted by molar-refractivity contribution is -0.113. The fourth-order valence-corrected chi connectivity index (χ4v) is 1.33. The highest BCUT2D eigenvalue weighted by Crippen LogP contribution is 2.21. The first-order valence-electron chi connectivity index (χ1n) is 4.70. The minimum atomic E-state index is 0.150. The van der Waals surface area contributed by atoms with Crippen molar-refractivity contribution in [2.75, 3.05) is 0 Å². The lowest BCUT2D eigenvalue weighted by Gasteiger charge is -2.14. The zero-order valence-corrected chi connectivity index (χ0v) is 8.31. The second-order valence-electron chi connectivity index (χ2n) is 2.77. The maximum atomic E-state index is 10.9. The Balaban J connectivity index is 0.000000561. The molecule has 0 bridgehead atoms. The highest BCUT2D eigenvalue weighted by Gasteiger charge is 2.12. The first-order chi connectivity index (χ1) is 5.72. The second-order valence-corrected chi connectivity index (χ2v) is 2.77. The predicted molar refractivity (Wildman–Crippen MR) is 51.7 cm³/mol. The van der Waals surface area contributed by atoms with Gasteiger partial charge in [-0.15, -0.1) is 0 Å². The van der Waals surface area contributed by atoms with Gasteiger partial charge in [-0.1, -0.05) is 13.8 Å². The van der Waals surface area contributed by atoms with E-state index in [0.717, 1.165) is 37.0 Å². The summed E-state index contributed by atoms with van der Waals surface area (Å²) < 4.78 is 0. The van der Waals surface area contributed by atoms with Gasteiger partial charge in [-0.05, 0) is 32.6 Å². The molecule has 2 heteroatoms. The van der Waals surface area contributed by atoms with Crippen molar-refractivity contribution in [3.63, 3.8) is 0 Å². The second kappa shape index (κ2) is 5.81. The Labute approximate surface area is 74.8 Å². The van der Waals surface area contributed by atoms with Crippen LogP contribution in [0.4, 0.5) is 0 Å². The summed E-state index contributed by atoms with van der Waals surface area (Å²) in [6.45, 7) is 5.59. The lowest BCUT2D eigenvalue weighted by atomic mass is 9.94. The van der Waals surface area contributed by atoms with Gasteiger partial charge in [0.2, 0.25) is 0 Å². The van der Waals surface area contributed by atoms with Crippen LogP contribution in [0.15, 0.2) is 11.3 Å². The minimum absolute atomic E-state index is 0.150. The van der Waals surface area contributed by atoms with E-state index in [1.54, 1.807) is 6.92 Å². The van der Waals surface area contributed by atoms with Gasteiger partial charge in [0.15, 0.2) is 5.78 Å². The summed E-state index contributed by atoms with van der Waals surface area (Å²) in [5.74, 6) is 0.150. The first kappa shape index (κ1) is 11.2. The van der Waals surface area contributed by atoms with Crippen molar-refractivity contribution < 1.29 is 4.79 Å². The van der Waals surface area contributed by atoms with E-state index in [1.165, 1.54) is 0 Å². The standard InChI is InChI=1S/C8H13NO.C2H6/c1-6(10)7-4-2-3-5-8(7)9;1-2/h2-5,9H2,1H3;1-2H3. The van der Waals surface area contributed by atoms with Gasteiger partial charge in [-0.2, -0.15) is 0 Å². The van der Waals surface area contributed by atoms with Crippen LogP contribution in [0.1, 0.15) is 46.5 Å². The van der Waals surface area contributed by atoms with Crippen LogP contribution in [-0.4, -0.2) is 5.78 Å². The summed E-state index contributed by atoms with van der Waals surface area (Å²) in [5, 5.41) is 0. The number of carbonyl (C=O) groups is 1. The van der Waals surface area contributed by atoms with E-state index >= 15 is 0 Å². The predicted octanol–water partition coefficient (Wildman–Crippen LogP) is 2.39. The van der Waals surface area contributed by atoms with Gasteiger partial charge in [-0.25, -0.2) is 0 Å². The Morgan fingerprint density at radius 1 is 1.25 bits per heavy atom. The van der Waals surface area contributed by atoms with Crippen molar-refractivity contribution in [1.82, 2.24) is 0 Å². The van der Waals surface area contributed by atoms with E-state index in [4.69, 9.17) is 5.73 Å². The van der Waals surface area contributed by atoms with E-state index in [2.05, 4.69) is 0 Å². The molecule has 0 amide bonds. The van der Waals surface area contributed by atoms with E-state index in [0.29, 0.717) is 0 Å². The summed E-state index contributed by atoms with van der Waals surface area (Å²) >= 11 is 0. The number of rotatable bonds is 1. The molecule has 1 aliphatic rings. The molecule has 12 heavy (non-hydrogen) atoms. The molecule has 2 N–H and O–H groups in total. The normalized spacial score (nSPS) is 16.6. The van der Waals surface area contributed by atoms with Crippen LogP contribution >= 0.6 is 0 Å². The van der Waals surface area contributed by atoms with E-state index < -0.39 is 0 Å². The van der Waals surface area contributed by atoms with Gasteiger partial charge in [0.05, 0.1) is 0 Å². The fourth-order valence-electron chi connectivity index (χ4n) is 1.33. The maximum absolute atomic E-state index is 10.9. The largest absolute Gasteiger partial charge is 0.402 e. The number of ketones is 1. The van der Waals surface area contributed by atoms with E-state index in [1.807, 2.05) is 13.8 Å². The smallest absolute Gasteiger partial charge is 0.157 e. The topological polar surface area (TPSA) is 43.1 Å². The molecule has 0 atom stereocenters. The fraction of sp³-hybridized carbons (Fsp3) is 0.700. The molecule has 0 heterocycles. The van der Waals surface area contributed by atoms with Crippen LogP contribution in [-0.2, 0) is 4.79 Å². The Morgan fingerprint density at radius 3 is 2.08 bits per heavy atom. The van der Waals surface area contributed by atoms with Crippen molar-refractivity contribution in [1.29, 1.82) is 0 Å². The molecular weight excluding hydrogens is 150 g/mol. The summed E-state index contributed by atoms with van der Waals surface area (Å²) in [5.41, 5.74) is 7.32. The van der Waals surface area contributed by atoms with E-state index in [9.17, 15) is 4.79 Å². The monoisotopic (exact) mass is 169 g/mol. The van der Waals surface area contributed by atoms with Crippen molar-refractivity contribution in [3.05, 3.63) is 11.3 Å². The Bertz CT molecular complexity index is 182. The molecule has 0 aromatic rings. The zero-order valence-electron chi connectivity index (χ0n) is 8.31. The number of nitrogens with two attached hydrogens (primary N) is 1. The molecule has 0 aliphatic heterocycles. The SMILES string of the molecule is CC.CC(=O)C1=C(N)CCCC1. The molecule has 0 aromatic heterocycles. The summed E-state index contributed by atoms with van der Waals surface area (Å²) in [6, 6.07) is 0. The first-order valence-corrected chi connectivity index (χ1v) is 4.70. The van der Waals surface area contributed by atoms with Crippen molar-refractivity contribution in [3.8, 4) is 0 Å². The van der Waals surface area contributed by atoms with E-state index in [-0.39, 0.29) is 5.78 Å². The van der Waals surface area contributed by atoms with Gasteiger partial charge in [0.25, 0.3) is 0 Å². The molecule has 0 aromatic carbocycles. The number of carbonyl (C=O) groups excluding carboxylic acids is 1. The third kappa shape index (κ3) is 3.07. The lowest BCUT2D eigenvalue weighted by Crippen LogP contribution is -2.12. The third-order valence-electron chi connectivity index (χ3n) is 1.94. The minimum Gasteiger partial charge on any atom is -0.402 e. The number of Topliss-reactive ketones (excluding diaryl/α,β-unsaturated/α-hetero) is 1. The Morgan fingerprint density at radius 2 is 1.75 bits per heavy atom.